The quantitative estimate of drug-likeness (QED) is 0.463. The van der Waals surface area contributed by atoms with Crippen LogP contribution in [0.1, 0.15) is 15.9 Å². The Labute approximate surface area is 199 Å². The van der Waals surface area contributed by atoms with Gasteiger partial charge in [-0.3, -0.25) is 13.9 Å². The minimum absolute atomic E-state index is 0.273. The van der Waals surface area contributed by atoms with Crippen LogP contribution in [0.15, 0.2) is 78.9 Å². The molecule has 0 radical (unpaired) electrons. The van der Waals surface area contributed by atoms with Gasteiger partial charge in [0.05, 0.1) is 23.2 Å². The van der Waals surface area contributed by atoms with E-state index >= 15 is 0 Å². The van der Waals surface area contributed by atoms with Crippen LogP contribution in [0, 0.1) is 0 Å². The second-order valence-corrected chi connectivity index (χ2v) is 9.61. The van der Waals surface area contributed by atoms with Crippen molar-refractivity contribution >= 4 is 33.2 Å². The Morgan fingerprint density at radius 1 is 0.912 bits per heavy atom. The number of amides is 2. The number of rotatable bonds is 10. The van der Waals surface area contributed by atoms with E-state index in [1.54, 1.807) is 48.5 Å². The zero-order valence-corrected chi connectivity index (χ0v) is 19.8. The van der Waals surface area contributed by atoms with Crippen LogP contribution in [0.5, 0.6) is 5.75 Å². The molecule has 178 valence electrons. The number of carbonyl (C=O) groups is 2. The molecule has 2 amide bonds. The lowest BCUT2D eigenvalue weighted by atomic mass is 10.1. The van der Waals surface area contributed by atoms with E-state index in [9.17, 15) is 18.0 Å². The summed E-state index contributed by atoms with van der Waals surface area (Å²) >= 11 is 0. The number of anilines is 2. The molecule has 0 saturated carbocycles. The summed E-state index contributed by atoms with van der Waals surface area (Å²) in [5.41, 5.74) is 2.35. The molecule has 34 heavy (non-hydrogen) atoms. The molecule has 0 heterocycles. The van der Waals surface area contributed by atoms with Crippen LogP contribution >= 0.6 is 0 Å². The van der Waals surface area contributed by atoms with Crippen molar-refractivity contribution in [1.82, 2.24) is 5.32 Å². The van der Waals surface area contributed by atoms with Gasteiger partial charge >= 0.3 is 0 Å². The largest absolute Gasteiger partial charge is 0.484 e. The first-order valence-corrected chi connectivity index (χ1v) is 12.5. The Morgan fingerprint density at radius 2 is 1.56 bits per heavy atom. The zero-order chi connectivity index (χ0) is 24.6. The Hall–Kier alpha value is -3.85. The fourth-order valence-electron chi connectivity index (χ4n) is 3.13. The van der Waals surface area contributed by atoms with Crippen LogP contribution in [0.2, 0.25) is 0 Å². The molecule has 0 saturated heterocycles. The van der Waals surface area contributed by atoms with Gasteiger partial charge in [-0.1, -0.05) is 42.5 Å². The van der Waals surface area contributed by atoms with Crippen molar-refractivity contribution in [2.45, 2.75) is 6.42 Å². The monoisotopic (exact) mass is 481 g/mol. The van der Waals surface area contributed by atoms with Gasteiger partial charge in [-0.05, 0) is 48.4 Å². The summed E-state index contributed by atoms with van der Waals surface area (Å²) in [6.07, 6.45) is 1.82. The average Bonchev–Trinajstić information content (AvgIpc) is 2.83. The number of benzene rings is 3. The summed E-state index contributed by atoms with van der Waals surface area (Å²) < 4.78 is 29.9. The Kier molecular flexibility index (Phi) is 8.26. The summed E-state index contributed by atoms with van der Waals surface area (Å²) in [7, 11) is -1.91. The standard InChI is InChI=1S/C25H27N3O5S/c1-28(34(2,31)32)20-12-14-21(15-13-20)33-18-24(29)27-23-11-7-6-10-22(23)25(30)26-17-16-19-8-4-3-5-9-19/h3-15H,16-18H2,1-2H3,(H,26,30)(H,27,29). The van der Waals surface area contributed by atoms with Crippen LogP contribution in [-0.4, -0.2) is 46.7 Å². The molecular formula is C25H27N3O5S. The van der Waals surface area contributed by atoms with Crippen molar-refractivity contribution in [2.75, 3.05) is 36.1 Å². The highest BCUT2D eigenvalue weighted by molar-refractivity contribution is 7.92. The number of sulfonamides is 1. The first kappa shape index (κ1) is 24.8. The predicted molar refractivity (Wildman–Crippen MR) is 133 cm³/mol. The molecule has 0 unspecified atom stereocenters. The van der Waals surface area contributed by atoms with Crippen molar-refractivity contribution in [3.05, 3.63) is 90.0 Å². The van der Waals surface area contributed by atoms with Crippen LogP contribution in [0.3, 0.4) is 0 Å². The summed E-state index contributed by atoms with van der Waals surface area (Å²) in [5, 5.41) is 5.58. The number of para-hydroxylation sites is 1. The first-order chi connectivity index (χ1) is 16.2. The third-order valence-corrected chi connectivity index (χ3v) is 6.26. The van der Waals surface area contributed by atoms with Crippen molar-refractivity contribution in [3.63, 3.8) is 0 Å². The zero-order valence-electron chi connectivity index (χ0n) is 19.0. The van der Waals surface area contributed by atoms with Gasteiger partial charge < -0.3 is 15.4 Å². The van der Waals surface area contributed by atoms with E-state index in [4.69, 9.17) is 4.74 Å². The number of ether oxygens (including phenoxy) is 1. The van der Waals surface area contributed by atoms with E-state index < -0.39 is 15.9 Å². The minimum Gasteiger partial charge on any atom is -0.484 e. The molecule has 0 aliphatic carbocycles. The molecule has 0 fully saturated rings. The molecule has 0 bridgehead atoms. The molecule has 2 N–H and O–H groups in total. The molecule has 0 aliphatic rings. The number of nitrogens with one attached hydrogen (secondary N) is 2. The van der Waals surface area contributed by atoms with E-state index in [0.29, 0.717) is 35.7 Å². The van der Waals surface area contributed by atoms with Gasteiger partial charge in [0.2, 0.25) is 10.0 Å². The van der Waals surface area contributed by atoms with Gasteiger partial charge in [0.1, 0.15) is 5.75 Å². The molecule has 0 atom stereocenters. The van der Waals surface area contributed by atoms with Crippen molar-refractivity contribution in [3.8, 4) is 5.75 Å². The van der Waals surface area contributed by atoms with Gasteiger partial charge in [0.15, 0.2) is 6.61 Å². The van der Waals surface area contributed by atoms with Gasteiger partial charge in [-0.2, -0.15) is 0 Å². The first-order valence-electron chi connectivity index (χ1n) is 10.6. The third kappa shape index (κ3) is 7.08. The molecule has 0 spiro atoms. The smallest absolute Gasteiger partial charge is 0.262 e. The molecule has 3 rings (SSSR count). The lowest BCUT2D eigenvalue weighted by molar-refractivity contribution is -0.118. The van der Waals surface area contributed by atoms with Crippen molar-refractivity contribution in [1.29, 1.82) is 0 Å². The molecule has 9 heteroatoms. The average molecular weight is 482 g/mol. The van der Waals surface area contributed by atoms with Gasteiger partial charge in [0.25, 0.3) is 11.8 Å². The molecule has 8 nitrogen and oxygen atoms in total. The minimum atomic E-state index is -3.36. The van der Waals surface area contributed by atoms with Crippen molar-refractivity contribution in [2.24, 2.45) is 0 Å². The van der Waals surface area contributed by atoms with Gasteiger partial charge in [-0.25, -0.2) is 8.42 Å². The summed E-state index contributed by atoms with van der Waals surface area (Å²) in [6.45, 7) is 0.198. The van der Waals surface area contributed by atoms with Gasteiger partial charge in [-0.15, -0.1) is 0 Å². The summed E-state index contributed by atoms with van der Waals surface area (Å²) in [4.78, 5) is 25.0. The normalized spacial score (nSPS) is 10.9. The number of nitrogens with zero attached hydrogens (tertiary/aromatic N) is 1. The molecule has 3 aromatic carbocycles. The van der Waals surface area contributed by atoms with E-state index in [2.05, 4.69) is 10.6 Å². The molecule has 3 aromatic rings. The maximum Gasteiger partial charge on any atom is 0.262 e. The Bertz CT molecular complexity index is 1230. The van der Waals surface area contributed by atoms with E-state index in [-0.39, 0.29) is 12.5 Å². The Balaban J connectivity index is 1.53. The van der Waals surface area contributed by atoms with E-state index in [1.165, 1.54) is 7.05 Å². The number of carbonyl (C=O) groups excluding carboxylic acids is 2. The van der Waals surface area contributed by atoms with E-state index in [0.717, 1.165) is 16.1 Å². The highest BCUT2D eigenvalue weighted by Crippen LogP contribution is 2.20. The summed E-state index contributed by atoms with van der Waals surface area (Å²) in [6, 6.07) is 22.9. The van der Waals surface area contributed by atoms with Gasteiger partial charge in [0, 0.05) is 13.6 Å². The summed E-state index contributed by atoms with van der Waals surface area (Å²) in [5.74, 6) is -0.298. The molecular weight excluding hydrogens is 454 g/mol. The fraction of sp³-hybridized carbons (Fsp3) is 0.200. The highest BCUT2D eigenvalue weighted by Gasteiger charge is 2.14. The molecule has 0 aromatic heterocycles. The number of hydrogen-bond donors (Lipinski definition) is 2. The SMILES string of the molecule is CN(c1ccc(OCC(=O)Nc2ccccc2C(=O)NCCc2ccccc2)cc1)S(C)(=O)=O. The second kappa shape index (κ2) is 11.3. The lowest BCUT2D eigenvalue weighted by Crippen LogP contribution is -2.28. The van der Waals surface area contributed by atoms with Crippen LogP contribution in [-0.2, 0) is 21.2 Å². The Morgan fingerprint density at radius 3 is 2.24 bits per heavy atom. The maximum atomic E-state index is 12.6. The predicted octanol–water partition coefficient (Wildman–Crippen LogP) is 3.07. The third-order valence-electron chi connectivity index (χ3n) is 5.06. The second-order valence-electron chi connectivity index (χ2n) is 7.60. The topological polar surface area (TPSA) is 105 Å². The number of hydrogen-bond acceptors (Lipinski definition) is 5. The molecule has 0 aliphatic heterocycles. The van der Waals surface area contributed by atoms with Crippen LogP contribution < -0.4 is 19.7 Å². The van der Waals surface area contributed by atoms with Crippen LogP contribution in [0.25, 0.3) is 0 Å². The van der Waals surface area contributed by atoms with Crippen molar-refractivity contribution < 1.29 is 22.7 Å². The fourth-order valence-corrected chi connectivity index (χ4v) is 3.63. The van der Waals surface area contributed by atoms with Crippen LogP contribution in [0.4, 0.5) is 11.4 Å². The van der Waals surface area contributed by atoms with E-state index in [1.807, 2.05) is 30.3 Å². The highest BCUT2D eigenvalue weighted by atomic mass is 32.2. The maximum absolute atomic E-state index is 12.6. The lowest BCUT2D eigenvalue weighted by Gasteiger charge is -2.17.